The summed E-state index contributed by atoms with van der Waals surface area (Å²) >= 11 is 0. The van der Waals surface area contributed by atoms with Gasteiger partial charge in [-0.15, -0.1) is 0 Å². The molecular weight excluding hydrogens is 442 g/mol. The van der Waals surface area contributed by atoms with Gasteiger partial charge in [0, 0.05) is 34.6 Å². The van der Waals surface area contributed by atoms with E-state index >= 15 is 0 Å². The summed E-state index contributed by atoms with van der Waals surface area (Å²) < 4.78 is 5.36. The number of cyclic esters (lactones) is 1. The first-order valence-corrected chi connectivity index (χ1v) is 10.1. The molecule has 1 heterocycles. The number of esters is 1. The van der Waals surface area contributed by atoms with Crippen LogP contribution in [0.15, 0.2) is 72.8 Å². The molecule has 1 amide bonds. The molecule has 3 N–H and O–H groups in total. The van der Waals surface area contributed by atoms with Gasteiger partial charge in [0.25, 0.3) is 11.6 Å². The van der Waals surface area contributed by atoms with E-state index in [-0.39, 0.29) is 28.2 Å². The Bertz CT molecular complexity index is 1330. The van der Waals surface area contributed by atoms with Gasteiger partial charge >= 0.3 is 5.97 Å². The maximum Gasteiger partial charge on any atom is 0.339 e. The number of carbonyl (C=O) groups is 4. The normalized spacial score (nSPS) is 15.1. The van der Waals surface area contributed by atoms with Crippen molar-refractivity contribution in [1.82, 2.24) is 0 Å². The molecule has 170 valence electrons. The molecule has 34 heavy (non-hydrogen) atoms. The molecule has 1 aliphatic rings. The highest BCUT2D eigenvalue weighted by molar-refractivity contribution is 6.45. The highest BCUT2D eigenvalue weighted by Crippen LogP contribution is 2.38. The molecule has 2 atom stereocenters. The zero-order valence-electron chi connectivity index (χ0n) is 17.5. The molecule has 0 aromatic heterocycles. The van der Waals surface area contributed by atoms with Crippen molar-refractivity contribution in [3.8, 4) is 0 Å². The predicted octanol–water partition coefficient (Wildman–Crippen LogP) is 3.10. The Labute approximate surface area is 192 Å². The van der Waals surface area contributed by atoms with Crippen LogP contribution in [-0.2, 0) is 14.3 Å². The summed E-state index contributed by atoms with van der Waals surface area (Å²) in [5.74, 6) is -5.41. The fourth-order valence-electron chi connectivity index (χ4n) is 3.69. The molecule has 0 radical (unpaired) electrons. The van der Waals surface area contributed by atoms with Crippen molar-refractivity contribution in [1.29, 1.82) is 0 Å². The van der Waals surface area contributed by atoms with E-state index in [2.05, 4.69) is 5.32 Å². The number of benzene rings is 3. The van der Waals surface area contributed by atoms with Gasteiger partial charge in [0.1, 0.15) is 12.0 Å². The van der Waals surface area contributed by atoms with Crippen molar-refractivity contribution in [2.45, 2.75) is 6.10 Å². The summed E-state index contributed by atoms with van der Waals surface area (Å²) in [6.07, 6.45) is -1.31. The minimum atomic E-state index is -1.67. The molecule has 0 aliphatic carbocycles. The van der Waals surface area contributed by atoms with E-state index in [0.29, 0.717) is 5.56 Å². The second kappa shape index (κ2) is 8.94. The van der Waals surface area contributed by atoms with Gasteiger partial charge in [-0.2, -0.15) is 0 Å². The first-order valence-electron chi connectivity index (χ1n) is 10.1. The van der Waals surface area contributed by atoms with Crippen LogP contribution in [-0.4, -0.2) is 28.4 Å². The summed E-state index contributed by atoms with van der Waals surface area (Å²) in [6, 6.07) is 17.0. The Morgan fingerprint density at radius 2 is 1.71 bits per heavy atom. The number of non-ortho nitro benzene ring substituents is 1. The SMILES string of the molecule is Nc1cccc(C(=O)[C@@H](C(=O)C(=O)Nc2ccc([N+](=O)[O-])cc2)[C@@H]2OC(=O)c3ccccc32)c1. The lowest BCUT2D eigenvalue weighted by atomic mass is 9.84. The second-order valence-corrected chi connectivity index (χ2v) is 7.50. The zero-order chi connectivity index (χ0) is 24.4. The van der Waals surface area contributed by atoms with E-state index in [1.165, 1.54) is 36.4 Å². The van der Waals surface area contributed by atoms with E-state index in [0.717, 1.165) is 12.1 Å². The Balaban J connectivity index is 1.68. The third-order valence-corrected chi connectivity index (χ3v) is 5.32. The average molecular weight is 459 g/mol. The summed E-state index contributed by atoms with van der Waals surface area (Å²) in [4.78, 5) is 62.0. The monoisotopic (exact) mass is 459 g/mol. The summed E-state index contributed by atoms with van der Waals surface area (Å²) in [5, 5.41) is 13.2. The molecule has 3 aromatic carbocycles. The molecule has 0 spiro atoms. The number of anilines is 2. The largest absolute Gasteiger partial charge is 0.453 e. The lowest BCUT2D eigenvalue weighted by Crippen LogP contribution is -2.38. The highest BCUT2D eigenvalue weighted by Gasteiger charge is 2.46. The van der Waals surface area contributed by atoms with Crippen LogP contribution in [0.5, 0.6) is 0 Å². The summed E-state index contributed by atoms with van der Waals surface area (Å²) in [7, 11) is 0. The average Bonchev–Trinajstić information content (AvgIpc) is 3.15. The Kier molecular flexibility index (Phi) is 5.88. The molecule has 4 rings (SSSR count). The molecule has 10 nitrogen and oxygen atoms in total. The maximum absolute atomic E-state index is 13.4. The van der Waals surface area contributed by atoms with Crippen LogP contribution in [0, 0.1) is 16.0 Å². The molecule has 1 aliphatic heterocycles. The first-order chi connectivity index (χ1) is 16.3. The van der Waals surface area contributed by atoms with Gasteiger partial charge in [0.05, 0.1) is 10.5 Å². The van der Waals surface area contributed by atoms with Gasteiger partial charge in [0.2, 0.25) is 5.78 Å². The lowest BCUT2D eigenvalue weighted by Gasteiger charge is -2.21. The van der Waals surface area contributed by atoms with Gasteiger partial charge < -0.3 is 15.8 Å². The molecule has 0 unspecified atom stereocenters. The summed E-state index contributed by atoms with van der Waals surface area (Å²) in [6.45, 7) is 0. The van der Waals surface area contributed by atoms with Gasteiger partial charge in [-0.25, -0.2) is 4.79 Å². The number of nitrogens with two attached hydrogens (primary N) is 1. The Morgan fingerprint density at radius 1 is 1.00 bits per heavy atom. The number of nitrogen functional groups attached to an aromatic ring is 1. The van der Waals surface area contributed by atoms with Crippen LogP contribution in [0.3, 0.4) is 0 Å². The number of rotatable bonds is 7. The van der Waals surface area contributed by atoms with E-state index in [9.17, 15) is 29.3 Å². The number of hydrogen-bond acceptors (Lipinski definition) is 8. The number of fused-ring (bicyclic) bond motifs is 1. The molecule has 0 fully saturated rings. The number of nitrogens with one attached hydrogen (secondary N) is 1. The molecule has 3 aromatic rings. The Hall–Kier alpha value is -4.86. The van der Waals surface area contributed by atoms with E-state index in [1.54, 1.807) is 24.3 Å². The fourth-order valence-corrected chi connectivity index (χ4v) is 3.69. The smallest absolute Gasteiger partial charge is 0.339 e. The highest BCUT2D eigenvalue weighted by atomic mass is 16.6. The van der Waals surface area contributed by atoms with Crippen molar-refractivity contribution in [3.63, 3.8) is 0 Å². The van der Waals surface area contributed by atoms with Crippen LogP contribution < -0.4 is 11.1 Å². The number of nitro groups is 1. The zero-order valence-corrected chi connectivity index (χ0v) is 17.5. The van der Waals surface area contributed by atoms with E-state index in [1.807, 2.05) is 0 Å². The van der Waals surface area contributed by atoms with Crippen molar-refractivity contribution in [3.05, 3.63) is 99.6 Å². The summed E-state index contributed by atoms with van der Waals surface area (Å²) in [5.41, 5.74) is 6.54. The first kappa shape index (κ1) is 22.3. The quantitative estimate of drug-likeness (QED) is 0.104. The van der Waals surface area contributed by atoms with Crippen LogP contribution >= 0.6 is 0 Å². The van der Waals surface area contributed by atoms with E-state index < -0.39 is 40.4 Å². The molecular formula is C24H17N3O7. The second-order valence-electron chi connectivity index (χ2n) is 7.50. The molecule has 0 saturated carbocycles. The number of nitrogens with zero attached hydrogens (tertiary/aromatic N) is 1. The Morgan fingerprint density at radius 3 is 2.38 bits per heavy atom. The van der Waals surface area contributed by atoms with Crippen LogP contribution in [0.25, 0.3) is 0 Å². The third kappa shape index (κ3) is 4.24. The predicted molar refractivity (Wildman–Crippen MR) is 120 cm³/mol. The number of Topliss-reactive ketones (excluding diaryl/α,β-unsaturated/α-hetero) is 2. The number of ether oxygens (including phenoxy) is 1. The number of hydrogen-bond donors (Lipinski definition) is 2. The number of carbonyl (C=O) groups excluding carboxylic acids is 4. The topological polar surface area (TPSA) is 159 Å². The van der Waals surface area contributed by atoms with Crippen LogP contribution in [0.1, 0.15) is 32.4 Å². The third-order valence-electron chi connectivity index (χ3n) is 5.32. The minimum Gasteiger partial charge on any atom is -0.453 e. The van der Waals surface area contributed by atoms with E-state index in [4.69, 9.17) is 10.5 Å². The number of nitro benzene ring substituents is 1. The van der Waals surface area contributed by atoms with Crippen molar-refractivity contribution in [2.75, 3.05) is 11.1 Å². The number of ketones is 2. The standard InChI is InChI=1S/C24H17N3O7/c25-14-5-3-4-13(12-14)20(28)19(22-17-6-1-2-7-18(17)24(31)34-22)21(29)23(30)26-15-8-10-16(11-9-15)27(32)33/h1-12,19,22H,25H2,(H,26,30)/t19-,22+/m0/s1. The van der Waals surface area contributed by atoms with Crippen molar-refractivity contribution in [2.24, 2.45) is 5.92 Å². The van der Waals surface area contributed by atoms with Crippen molar-refractivity contribution < 1.29 is 28.8 Å². The van der Waals surface area contributed by atoms with Crippen molar-refractivity contribution >= 4 is 40.5 Å². The molecule has 10 heteroatoms. The van der Waals surface area contributed by atoms with Crippen LogP contribution in [0.2, 0.25) is 0 Å². The molecule has 0 saturated heterocycles. The van der Waals surface area contributed by atoms with Gasteiger partial charge in [-0.05, 0) is 30.3 Å². The minimum absolute atomic E-state index is 0.0712. The van der Waals surface area contributed by atoms with Gasteiger partial charge in [-0.1, -0.05) is 30.3 Å². The van der Waals surface area contributed by atoms with Crippen LogP contribution in [0.4, 0.5) is 17.1 Å². The fraction of sp³-hybridized carbons (Fsp3) is 0.0833. The molecule has 0 bridgehead atoms. The number of amides is 1. The maximum atomic E-state index is 13.4. The van der Waals surface area contributed by atoms with Gasteiger partial charge in [-0.3, -0.25) is 24.5 Å². The van der Waals surface area contributed by atoms with Gasteiger partial charge in [0.15, 0.2) is 5.78 Å². The lowest BCUT2D eigenvalue weighted by molar-refractivity contribution is -0.384.